The van der Waals surface area contributed by atoms with E-state index in [4.69, 9.17) is 4.74 Å². The van der Waals surface area contributed by atoms with Crippen molar-refractivity contribution in [3.63, 3.8) is 0 Å². The van der Waals surface area contributed by atoms with E-state index in [9.17, 15) is 29.6 Å². The van der Waals surface area contributed by atoms with Crippen molar-refractivity contribution in [3.05, 3.63) is 11.6 Å². The fourth-order valence-corrected chi connectivity index (χ4v) is 12.0. The predicted molar refractivity (Wildman–Crippen MR) is 174 cm³/mol. The molecule has 0 radical (unpaired) electrons. The normalized spacial score (nSPS) is 48.0. The second-order valence-corrected chi connectivity index (χ2v) is 18.6. The summed E-state index contributed by atoms with van der Waals surface area (Å²) < 4.78 is 19.2. The molecule has 0 aromatic heterocycles. The Hall–Kier alpha value is -1.02. The highest BCUT2D eigenvalue weighted by atomic mass is 19.1. The van der Waals surface area contributed by atoms with E-state index in [1.807, 2.05) is 0 Å². The largest absolute Gasteiger partial charge is 0.481 e. The number of aliphatic hydroxyl groups is 3. The Morgan fingerprint density at radius 3 is 2.20 bits per heavy atom. The first kappa shape index (κ1) is 35.3. The monoisotopic (exact) mass is 634 g/mol. The lowest BCUT2D eigenvalue weighted by Crippen LogP contribution is -2.63. The summed E-state index contributed by atoms with van der Waals surface area (Å²) in [5, 5.41) is 41.6. The van der Waals surface area contributed by atoms with Gasteiger partial charge in [0, 0.05) is 0 Å². The quantitative estimate of drug-likeness (QED) is 0.171. The number of halogens is 1. The summed E-state index contributed by atoms with van der Waals surface area (Å²) in [5.74, 6) is 0.508. The Kier molecular flexibility index (Phi) is 9.29. The summed E-state index contributed by atoms with van der Waals surface area (Å²) in [6.45, 7) is 18.4. The van der Waals surface area contributed by atoms with E-state index in [2.05, 4.69) is 61.5 Å². The summed E-state index contributed by atoms with van der Waals surface area (Å²) >= 11 is 0. The molecule has 12 atom stereocenters. The molecule has 5 aliphatic rings. The maximum atomic E-state index is 13.5. The van der Waals surface area contributed by atoms with Gasteiger partial charge in [0.2, 0.25) is 0 Å². The van der Waals surface area contributed by atoms with Gasteiger partial charge in [-0.15, -0.1) is 0 Å². The van der Waals surface area contributed by atoms with Gasteiger partial charge in [0.05, 0.1) is 11.5 Å². The Labute approximate surface area is 271 Å². The third kappa shape index (κ3) is 5.56. The van der Waals surface area contributed by atoms with E-state index in [1.165, 1.54) is 5.57 Å². The zero-order valence-corrected chi connectivity index (χ0v) is 29.4. The van der Waals surface area contributed by atoms with E-state index in [0.717, 1.165) is 70.6 Å². The number of hydrogen-bond donors (Lipinski definition) is 4. The van der Waals surface area contributed by atoms with Crippen LogP contribution in [0.4, 0.5) is 4.39 Å². The van der Waals surface area contributed by atoms with Crippen LogP contribution in [-0.2, 0) is 9.53 Å². The van der Waals surface area contributed by atoms with Gasteiger partial charge in [0.25, 0.3) is 0 Å². The standard InChI is InChI=1S/C38H63FO6/c1-33(2,3)27-14-16-37(8)28(35(27,6)15-10-9-11-25-29(40)31(42)30(41)26(22-39)45-25)13-12-23-24-21-34(4,5)17-19-38(24,32(43)44)20-18-36(23,37)7/h12,24-31,40-42H,9-11,13-22H2,1-8H3,(H,43,44)/t24?,25-,26?,27?,28?,29?,30+,31?,35-,36+,37+,38-/m0/s1. The zero-order valence-electron chi connectivity index (χ0n) is 29.4. The molecular formula is C38H63FO6. The van der Waals surface area contributed by atoms with Crippen LogP contribution in [0.2, 0.25) is 0 Å². The zero-order chi connectivity index (χ0) is 33.4. The molecule has 5 rings (SSSR count). The maximum absolute atomic E-state index is 13.5. The average molecular weight is 635 g/mol. The lowest BCUT2D eigenvalue weighted by Gasteiger charge is -2.69. The molecule has 1 heterocycles. The molecule has 0 spiro atoms. The first-order valence-corrected chi connectivity index (χ1v) is 18.0. The molecule has 0 bridgehead atoms. The van der Waals surface area contributed by atoms with Crippen LogP contribution in [0.25, 0.3) is 0 Å². The molecule has 6 nitrogen and oxygen atoms in total. The van der Waals surface area contributed by atoms with Gasteiger partial charge in [-0.2, -0.15) is 0 Å². The van der Waals surface area contributed by atoms with Gasteiger partial charge in [-0.1, -0.05) is 79.9 Å². The fraction of sp³-hybridized carbons (Fsp3) is 0.921. The Balaban J connectivity index is 1.42. The summed E-state index contributed by atoms with van der Waals surface area (Å²) in [7, 11) is 0. The van der Waals surface area contributed by atoms with Crippen LogP contribution >= 0.6 is 0 Å². The second-order valence-electron chi connectivity index (χ2n) is 18.6. The Bertz CT molecular complexity index is 1140. The minimum atomic E-state index is -1.42. The number of rotatable bonds is 7. The second kappa shape index (κ2) is 11.8. The average Bonchev–Trinajstić information content (AvgIpc) is 2.94. The third-order valence-electron chi connectivity index (χ3n) is 14.8. The van der Waals surface area contributed by atoms with E-state index in [1.54, 1.807) is 0 Å². The van der Waals surface area contributed by atoms with Crippen molar-refractivity contribution in [2.45, 2.75) is 163 Å². The molecule has 0 aromatic carbocycles. The number of carboxylic acids is 1. The predicted octanol–water partition coefficient (Wildman–Crippen LogP) is 7.48. The topological polar surface area (TPSA) is 107 Å². The van der Waals surface area contributed by atoms with Gasteiger partial charge in [-0.05, 0) is 109 Å². The summed E-state index contributed by atoms with van der Waals surface area (Å²) in [6, 6.07) is 0. The summed E-state index contributed by atoms with van der Waals surface area (Å²) in [4.78, 5) is 13.0. The van der Waals surface area contributed by atoms with Gasteiger partial charge < -0.3 is 25.2 Å². The van der Waals surface area contributed by atoms with Crippen molar-refractivity contribution >= 4 is 5.97 Å². The van der Waals surface area contributed by atoms with Crippen molar-refractivity contribution in [2.24, 2.45) is 50.2 Å². The number of allylic oxidation sites excluding steroid dienone is 2. The van der Waals surface area contributed by atoms with Crippen LogP contribution in [-0.4, -0.2) is 63.6 Å². The first-order chi connectivity index (χ1) is 20.8. The number of unbranched alkanes of at least 4 members (excludes halogenated alkanes) is 1. The number of carboxylic acid groups (broad SMARTS) is 1. The van der Waals surface area contributed by atoms with Crippen molar-refractivity contribution < 1.29 is 34.3 Å². The molecule has 0 amide bonds. The molecule has 3 saturated carbocycles. The molecule has 0 aromatic rings. The van der Waals surface area contributed by atoms with Crippen LogP contribution < -0.4 is 0 Å². The van der Waals surface area contributed by atoms with Gasteiger partial charge in [-0.25, -0.2) is 4.39 Å². The van der Waals surface area contributed by atoms with Crippen molar-refractivity contribution in [3.8, 4) is 0 Å². The Morgan fingerprint density at radius 2 is 1.58 bits per heavy atom. The molecular weight excluding hydrogens is 571 g/mol. The van der Waals surface area contributed by atoms with Crippen LogP contribution in [0.5, 0.6) is 0 Å². The number of fused-ring (bicyclic) bond motifs is 5. The number of alkyl halides is 1. The van der Waals surface area contributed by atoms with E-state index in [-0.39, 0.29) is 33.0 Å². The van der Waals surface area contributed by atoms with Gasteiger partial charge in [-0.3, -0.25) is 4.79 Å². The number of hydrogen-bond acceptors (Lipinski definition) is 5. The van der Waals surface area contributed by atoms with Crippen molar-refractivity contribution in [1.29, 1.82) is 0 Å². The minimum Gasteiger partial charge on any atom is -0.481 e. The first-order valence-electron chi connectivity index (χ1n) is 18.0. The van der Waals surface area contributed by atoms with Gasteiger partial charge >= 0.3 is 5.97 Å². The fourth-order valence-electron chi connectivity index (χ4n) is 12.0. The molecule has 1 saturated heterocycles. The lowest BCUT2D eigenvalue weighted by molar-refractivity contribution is -0.226. The summed E-state index contributed by atoms with van der Waals surface area (Å²) in [6.07, 6.45) is 7.65. The highest BCUT2D eigenvalue weighted by molar-refractivity contribution is 5.76. The van der Waals surface area contributed by atoms with Gasteiger partial charge in [0.15, 0.2) is 0 Å². The van der Waals surface area contributed by atoms with Crippen LogP contribution in [0.15, 0.2) is 11.6 Å². The number of ether oxygens (including phenoxy) is 1. The van der Waals surface area contributed by atoms with E-state index < -0.39 is 48.6 Å². The molecule has 4 N–H and O–H groups in total. The SMILES string of the molecule is CC1(C)CC[C@]2(C(=O)O)CC[C@]3(C)C(=CCC4[C@@](C)(CCCC[C@@H]5OC(CF)[C@@H](O)C(O)C5O)C(C(C)(C)C)CC[C@]43C)C2C1. The maximum Gasteiger partial charge on any atom is 0.310 e. The smallest absolute Gasteiger partial charge is 0.310 e. The molecule has 4 fully saturated rings. The molecule has 45 heavy (non-hydrogen) atoms. The minimum absolute atomic E-state index is 0.0323. The van der Waals surface area contributed by atoms with Crippen molar-refractivity contribution in [2.75, 3.05) is 6.67 Å². The van der Waals surface area contributed by atoms with Crippen molar-refractivity contribution in [1.82, 2.24) is 0 Å². The molecule has 1 aliphatic heterocycles. The van der Waals surface area contributed by atoms with E-state index in [0.29, 0.717) is 18.3 Å². The number of carbonyl (C=O) groups is 1. The highest BCUT2D eigenvalue weighted by Gasteiger charge is 2.68. The number of aliphatic hydroxyl groups excluding tert-OH is 3. The molecule has 258 valence electrons. The highest BCUT2D eigenvalue weighted by Crippen LogP contribution is 2.74. The lowest BCUT2D eigenvalue weighted by atomic mass is 9.34. The molecule has 7 heteroatoms. The van der Waals surface area contributed by atoms with Crippen LogP contribution in [0, 0.1) is 50.2 Å². The Morgan fingerprint density at radius 1 is 0.933 bits per heavy atom. The van der Waals surface area contributed by atoms with E-state index >= 15 is 0 Å². The number of aliphatic carboxylic acids is 1. The van der Waals surface area contributed by atoms with Crippen LogP contribution in [0.1, 0.15) is 132 Å². The van der Waals surface area contributed by atoms with Crippen LogP contribution in [0.3, 0.4) is 0 Å². The molecule has 6 unspecified atom stereocenters. The third-order valence-corrected chi connectivity index (χ3v) is 14.8. The summed E-state index contributed by atoms with van der Waals surface area (Å²) in [5.41, 5.74) is 1.20. The van der Waals surface area contributed by atoms with Gasteiger partial charge in [0.1, 0.15) is 31.1 Å². The molecule has 4 aliphatic carbocycles.